The summed E-state index contributed by atoms with van der Waals surface area (Å²) in [5, 5.41) is 0. The van der Waals surface area contributed by atoms with Crippen molar-refractivity contribution in [3.63, 3.8) is 0 Å². The first-order valence-electron chi connectivity index (χ1n) is 5.16. The van der Waals surface area contributed by atoms with Crippen LogP contribution < -0.4 is 0 Å². The number of rotatable bonds is 3. The molecule has 0 saturated heterocycles. The Morgan fingerprint density at radius 1 is 1.33 bits per heavy atom. The zero-order chi connectivity index (χ0) is 10.7. The lowest BCUT2D eigenvalue weighted by Gasteiger charge is -1.99. The molecule has 0 spiro atoms. The minimum Gasteiger partial charge on any atom is -0.465 e. The topological polar surface area (TPSA) is 26.3 Å². The average molecular weight is 202 g/mol. The van der Waals surface area contributed by atoms with Crippen LogP contribution in [0, 0.1) is 5.92 Å². The first-order valence-corrected chi connectivity index (χ1v) is 5.16. The molecule has 1 aliphatic rings. The van der Waals surface area contributed by atoms with E-state index in [-0.39, 0.29) is 5.97 Å². The van der Waals surface area contributed by atoms with Gasteiger partial charge in [0.1, 0.15) is 0 Å². The molecule has 0 atom stereocenters. The Labute approximate surface area is 89.6 Å². The van der Waals surface area contributed by atoms with Gasteiger partial charge in [0.05, 0.1) is 12.7 Å². The Morgan fingerprint density at radius 2 is 2.00 bits per heavy atom. The number of methoxy groups -OCH3 is 1. The van der Waals surface area contributed by atoms with Crippen molar-refractivity contribution < 1.29 is 9.53 Å². The molecule has 15 heavy (non-hydrogen) atoms. The van der Waals surface area contributed by atoms with Crippen molar-refractivity contribution in [1.29, 1.82) is 0 Å². The number of hydrogen-bond acceptors (Lipinski definition) is 2. The largest absolute Gasteiger partial charge is 0.465 e. The molecule has 2 heteroatoms. The van der Waals surface area contributed by atoms with Gasteiger partial charge in [-0.05, 0) is 36.5 Å². The summed E-state index contributed by atoms with van der Waals surface area (Å²) < 4.78 is 4.63. The number of carbonyl (C=O) groups excluding carboxylic acids is 1. The van der Waals surface area contributed by atoms with Gasteiger partial charge in [0, 0.05) is 0 Å². The number of ether oxygens (including phenoxy) is 1. The minimum absolute atomic E-state index is 0.285. The molecular weight excluding hydrogens is 188 g/mol. The van der Waals surface area contributed by atoms with Crippen molar-refractivity contribution in [2.45, 2.75) is 12.8 Å². The molecule has 2 rings (SSSR count). The fraction of sp³-hybridized carbons (Fsp3) is 0.308. The highest BCUT2D eigenvalue weighted by Crippen LogP contribution is 2.30. The quantitative estimate of drug-likeness (QED) is 0.704. The van der Waals surface area contributed by atoms with E-state index in [1.54, 1.807) is 12.1 Å². The van der Waals surface area contributed by atoms with Gasteiger partial charge in [-0.25, -0.2) is 4.79 Å². The zero-order valence-electron chi connectivity index (χ0n) is 8.77. The van der Waals surface area contributed by atoms with Crippen molar-refractivity contribution >= 4 is 12.0 Å². The highest BCUT2D eigenvalue weighted by atomic mass is 16.5. The minimum atomic E-state index is -0.285. The third-order valence-corrected chi connectivity index (χ3v) is 2.51. The fourth-order valence-electron chi connectivity index (χ4n) is 1.38. The number of esters is 1. The van der Waals surface area contributed by atoms with Gasteiger partial charge in [-0.2, -0.15) is 0 Å². The zero-order valence-corrected chi connectivity index (χ0v) is 8.77. The Balaban J connectivity index is 2.05. The molecule has 0 amide bonds. The molecule has 0 aromatic heterocycles. The molecule has 78 valence electrons. The van der Waals surface area contributed by atoms with Crippen molar-refractivity contribution in [1.82, 2.24) is 0 Å². The summed E-state index contributed by atoms with van der Waals surface area (Å²) in [6, 6.07) is 7.45. The maximum absolute atomic E-state index is 11.2. The number of benzene rings is 1. The Hall–Kier alpha value is -1.57. The lowest BCUT2D eigenvalue weighted by molar-refractivity contribution is 0.0601. The molecule has 0 radical (unpaired) electrons. The van der Waals surface area contributed by atoms with E-state index in [0.29, 0.717) is 5.56 Å². The monoisotopic (exact) mass is 202 g/mol. The van der Waals surface area contributed by atoms with Crippen LogP contribution in [0.4, 0.5) is 0 Å². The summed E-state index contributed by atoms with van der Waals surface area (Å²) in [7, 11) is 1.39. The Morgan fingerprint density at radius 3 is 2.53 bits per heavy atom. The first kappa shape index (κ1) is 9.97. The van der Waals surface area contributed by atoms with Gasteiger partial charge >= 0.3 is 5.97 Å². The highest BCUT2D eigenvalue weighted by molar-refractivity contribution is 5.89. The Bertz CT molecular complexity index is 372. The predicted molar refractivity (Wildman–Crippen MR) is 59.5 cm³/mol. The van der Waals surface area contributed by atoms with Gasteiger partial charge in [-0.1, -0.05) is 24.3 Å². The van der Waals surface area contributed by atoms with E-state index in [1.165, 1.54) is 20.0 Å². The van der Waals surface area contributed by atoms with Crippen molar-refractivity contribution in [3.05, 3.63) is 41.5 Å². The van der Waals surface area contributed by atoms with Crippen LogP contribution in [0.5, 0.6) is 0 Å². The smallest absolute Gasteiger partial charge is 0.337 e. The van der Waals surface area contributed by atoms with Crippen molar-refractivity contribution in [3.8, 4) is 0 Å². The van der Waals surface area contributed by atoms with Gasteiger partial charge in [-0.3, -0.25) is 0 Å². The maximum Gasteiger partial charge on any atom is 0.337 e. The van der Waals surface area contributed by atoms with E-state index < -0.39 is 0 Å². The van der Waals surface area contributed by atoms with Crippen molar-refractivity contribution in [2.24, 2.45) is 5.92 Å². The Kier molecular flexibility index (Phi) is 2.86. The molecule has 1 aliphatic carbocycles. The molecule has 0 heterocycles. The van der Waals surface area contributed by atoms with E-state index in [0.717, 1.165) is 11.5 Å². The maximum atomic E-state index is 11.2. The van der Waals surface area contributed by atoms with Crippen LogP contribution in [-0.2, 0) is 4.74 Å². The normalized spacial score (nSPS) is 15.5. The molecule has 0 aliphatic heterocycles. The van der Waals surface area contributed by atoms with Gasteiger partial charge in [0.15, 0.2) is 0 Å². The predicted octanol–water partition coefficient (Wildman–Crippen LogP) is 2.90. The lowest BCUT2D eigenvalue weighted by atomic mass is 10.1. The molecule has 1 aromatic carbocycles. The van der Waals surface area contributed by atoms with Gasteiger partial charge in [0.25, 0.3) is 0 Å². The SMILES string of the molecule is COC(=O)c1ccc(/C=C/C2CC2)cc1. The van der Waals surface area contributed by atoms with Gasteiger partial charge in [0.2, 0.25) is 0 Å². The van der Waals surface area contributed by atoms with Gasteiger partial charge < -0.3 is 4.74 Å². The number of allylic oxidation sites excluding steroid dienone is 1. The third kappa shape index (κ3) is 2.69. The molecule has 1 saturated carbocycles. The highest BCUT2D eigenvalue weighted by Gasteiger charge is 2.16. The second-order valence-electron chi connectivity index (χ2n) is 3.81. The molecule has 1 aromatic rings. The standard InChI is InChI=1S/C13H14O2/c1-15-13(14)12-8-6-11(7-9-12)5-4-10-2-3-10/h4-10H,2-3H2,1H3/b5-4+. The van der Waals surface area contributed by atoms with Crippen LogP contribution >= 0.6 is 0 Å². The van der Waals surface area contributed by atoms with E-state index in [2.05, 4.69) is 16.9 Å². The number of carbonyl (C=O) groups is 1. The summed E-state index contributed by atoms with van der Waals surface area (Å²) in [4.78, 5) is 11.2. The molecule has 1 fully saturated rings. The van der Waals surface area contributed by atoms with Gasteiger partial charge in [-0.15, -0.1) is 0 Å². The van der Waals surface area contributed by atoms with Crippen LogP contribution in [0.3, 0.4) is 0 Å². The van der Waals surface area contributed by atoms with Crippen LogP contribution in [0.1, 0.15) is 28.8 Å². The summed E-state index contributed by atoms with van der Waals surface area (Å²) in [6.07, 6.45) is 6.97. The van der Waals surface area contributed by atoms with E-state index in [1.807, 2.05) is 12.1 Å². The molecule has 0 N–H and O–H groups in total. The fourth-order valence-corrected chi connectivity index (χ4v) is 1.38. The summed E-state index contributed by atoms with van der Waals surface area (Å²) in [5.41, 5.74) is 1.73. The molecular formula is C13H14O2. The lowest BCUT2D eigenvalue weighted by Crippen LogP contribution is -2.00. The summed E-state index contributed by atoms with van der Waals surface area (Å²) in [5.74, 6) is 0.498. The average Bonchev–Trinajstić information content (AvgIpc) is 3.10. The van der Waals surface area contributed by atoms with E-state index >= 15 is 0 Å². The third-order valence-electron chi connectivity index (χ3n) is 2.51. The van der Waals surface area contributed by atoms with E-state index in [4.69, 9.17) is 0 Å². The van der Waals surface area contributed by atoms with Crippen molar-refractivity contribution in [2.75, 3.05) is 7.11 Å². The van der Waals surface area contributed by atoms with Crippen LogP contribution in [0.25, 0.3) is 6.08 Å². The molecule has 0 unspecified atom stereocenters. The summed E-state index contributed by atoms with van der Waals surface area (Å²) >= 11 is 0. The summed E-state index contributed by atoms with van der Waals surface area (Å²) in [6.45, 7) is 0. The van der Waals surface area contributed by atoms with Crippen LogP contribution in [0.2, 0.25) is 0 Å². The molecule has 2 nitrogen and oxygen atoms in total. The van der Waals surface area contributed by atoms with E-state index in [9.17, 15) is 4.79 Å². The molecule has 0 bridgehead atoms. The first-order chi connectivity index (χ1) is 7.29. The van der Waals surface area contributed by atoms with Crippen LogP contribution in [-0.4, -0.2) is 13.1 Å². The van der Waals surface area contributed by atoms with Crippen LogP contribution in [0.15, 0.2) is 30.3 Å². The second-order valence-corrected chi connectivity index (χ2v) is 3.81. The number of hydrogen-bond donors (Lipinski definition) is 0. The second kappa shape index (κ2) is 4.30.